The van der Waals surface area contributed by atoms with E-state index in [0.29, 0.717) is 30.4 Å². The number of rotatable bonds is 5. The smallest absolute Gasteiger partial charge is 0.258 e. The van der Waals surface area contributed by atoms with Crippen LogP contribution >= 0.6 is 0 Å². The van der Waals surface area contributed by atoms with Crippen LogP contribution in [0, 0.1) is 5.92 Å². The molecule has 1 fully saturated rings. The minimum absolute atomic E-state index is 0.00720. The third-order valence-electron chi connectivity index (χ3n) is 4.63. The van der Waals surface area contributed by atoms with Crippen LogP contribution in [-0.4, -0.2) is 30.6 Å². The summed E-state index contributed by atoms with van der Waals surface area (Å²) in [6, 6.07) is 17.2. The molecule has 3 aromatic rings. The van der Waals surface area contributed by atoms with Gasteiger partial charge in [0.1, 0.15) is 0 Å². The quantitative estimate of drug-likeness (QED) is 0.699. The van der Waals surface area contributed by atoms with Crippen LogP contribution in [0.4, 0.5) is 5.69 Å². The average molecular weight is 348 g/mol. The molecule has 0 aliphatic carbocycles. The number of hydrogen-bond donors (Lipinski definition) is 0. The van der Waals surface area contributed by atoms with Gasteiger partial charge < -0.3 is 14.1 Å². The maximum absolute atomic E-state index is 13.2. The molecular formula is C21H20N2O3. The molecular weight excluding hydrogens is 328 g/mol. The lowest BCUT2D eigenvalue weighted by Crippen LogP contribution is -2.35. The Hall–Kier alpha value is -2.92. The number of oxazole rings is 1. The predicted molar refractivity (Wildman–Crippen MR) is 99.0 cm³/mol. The van der Waals surface area contributed by atoms with Gasteiger partial charge in [0.05, 0.1) is 12.8 Å². The molecule has 1 saturated heterocycles. The zero-order chi connectivity index (χ0) is 17.8. The SMILES string of the molecule is O=C(c1ccc(-c2cnco2)cc1)N(C[C@H]1CCOC1)c1ccccc1. The number of amides is 1. The molecule has 4 rings (SSSR count). The molecule has 0 bridgehead atoms. The van der Waals surface area contributed by atoms with E-state index in [1.807, 2.05) is 59.5 Å². The van der Waals surface area contributed by atoms with Gasteiger partial charge in [-0.2, -0.15) is 0 Å². The molecule has 0 spiro atoms. The van der Waals surface area contributed by atoms with Gasteiger partial charge in [0, 0.05) is 35.9 Å². The highest BCUT2D eigenvalue weighted by Crippen LogP contribution is 2.24. The Balaban J connectivity index is 1.59. The van der Waals surface area contributed by atoms with E-state index in [-0.39, 0.29) is 5.91 Å². The number of carbonyl (C=O) groups excluding carboxylic acids is 1. The average Bonchev–Trinajstić information content (AvgIpc) is 3.40. The number of nitrogens with zero attached hydrogens (tertiary/aromatic N) is 2. The van der Waals surface area contributed by atoms with Gasteiger partial charge in [-0.3, -0.25) is 4.79 Å². The third kappa shape index (κ3) is 3.53. The Labute approximate surface area is 152 Å². The van der Waals surface area contributed by atoms with Crippen LogP contribution in [0.15, 0.2) is 71.6 Å². The van der Waals surface area contributed by atoms with Crippen LogP contribution in [0.5, 0.6) is 0 Å². The predicted octanol–water partition coefficient (Wildman–Crippen LogP) is 4.02. The molecule has 1 amide bonds. The maximum Gasteiger partial charge on any atom is 0.258 e. The highest BCUT2D eigenvalue weighted by atomic mass is 16.5. The van der Waals surface area contributed by atoms with Gasteiger partial charge in [0.25, 0.3) is 5.91 Å². The van der Waals surface area contributed by atoms with Crippen molar-refractivity contribution >= 4 is 11.6 Å². The Morgan fingerprint density at radius 2 is 1.92 bits per heavy atom. The topological polar surface area (TPSA) is 55.6 Å². The standard InChI is InChI=1S/C21H20N2O3/c24-21(18-8-6-17(7-9-18)20-12-22-15-26-20)23(13-16-10-11-25-14-16)19-4-2-1-3-5-19/h1-9,12,15-16H,10-11,13-14H2/t16-/m1/s1. The van der Waals surface area contributed by atoms with Crippen molar-refractivity contribution in [3.63, 3.8) is 0 Å². The summed E-state index contributed by atoms with van der Waals surface area (Å²) in [6.45, 7) is 2.14. The first-order valence-electron chi connectivity index (χ1n) is 8.75. The van der Waals surface area contributed by atoms with E-state index in [0.717, 1.165) is 24.3 Å². The highest BCUT2D eigenvalue weighted by Gasteiger charge is 2.24. The summed E-state index contributed by atoms with van der Waals surface area (Å²) < 4.78 is 10.8. The van der Waals surface area contributed by atoms with Gasteiger partial charge in [-0.15, -0.1) is 0 Å². The van der Waals surface area contributed by atoms with Gasteiger partial charge >= 0.3 is 0 Å². The summed E-state index contributed by atoms with van der Waals surface area (Å²) >= 11 is 0. The maximum atomic E-state index is 13.2. The lowest BCUT2D eigenvalue weighted by atomic mass is 10.1. The molecule has 0 radical (unpaired) electrons. The lowest BCUT2D eigenvalue weighted by Gasteiger charge is -2.25. The van der Waals surface area contributed by atoms with Crippen molar-refractivity contribution in [1.29, 1.82) is 0 Å². The van der Waals surface area contributed by atoms with Crippen LogP contribution in [0.25, 0.3) is 11.3 Å². The Kier molecular flexibility index (Phi) is 4.80. The van der Waals surface area contributed by atoms with Crippen molar-refractivity contribution in [3.05, 3.63) is 72.8 Å². The zero-order valence-electron chi connectivity index (χ0n) is 14.4. The van der Waals surface area contributed by atoms with Crippen molar-refractivity contribution in [3.8, 4) is 11.3 Å². The normalized spacial score (nSPS) is 16.5. The van der Waals surface area contributed by atoms with Crippen LogP contribution in [0.2, 0.25) is 0 Å². The fourth-order valence-corrected chi connectivity index (χ4v) is 3.19. The molecule has 1 aliphatic heterocycles. The van der Waals surface area contributed by atoms with E-state index in [2.05, 4.69) is 4.98 Å². The summed E-state index contributed by atoms with van der Waals surface area (Å²) in [4.78, 5) is 19.0. The van der Waals surface area contributed by atoms with Crippen LogP contribution in [0.3, 0.4) is 0 Å². The van der Waals surface area contributed by atoms with Gasteiger partial charge in [-0.25, -0.2) is 4.98 Å². The summed E-state index contributed by atoms with van der Waals surface area (Å²) in [5.41, 5.74) is 2.45. The lowest BCUT2D eigenvalue weighted by molar-refractivity contribution is 0.0981. The minimum atomic E-state index is -0.00720. The molecule has 1 atom stereocenters. The molecule has 5 heteroatoms. The molecule has 2 aromatic carbocycles. The van der Waals surface area contributed by atoms with Crippen LogP contribution in [0.1, 0.15) is 16.8 Å². The van der Waals surface area contributed by atoms with Gasteiger partial charge in [0.15, 0.2) is 12.2 Å². The third-order valence-corrected chi connectivity index (χ3v) is 4.63. The molecule has 132 valence electrons. The van der Waals surface area contributed by atoms with Crippen LogP contribution in [-0.2, 0) is 4.74 Å². The van der Waals surface area contributed by atoms with Crippen molar-refractivity contribution < 1.29 is 13.9 Å². The molecule has 26 heavy (non-hydrogen) atoms. The highest BCUT2D eigenvalue weighted by molar-refractivity contribution is 6.06. The summed E-state index contributed by atoms with van der Waals surface area (Å²) in [5, 5.41) is 0. The number of benzene rings is 2. The van der Waals surface area contributed by atoms with Crippen LogP contribution < -0.4 is 4.90 Å². The van der Waals surface area contributed by atoms with E-state index in [1.165, 1.54) is 6.39 Å². The largest absolute Gasteiger partial charge is 0.444 e. The number of anilines is 1. The minimum Gasteiger partial charge on any atom is -0.444 e. The zero-order valence-corrected chi connectivity index (χ0v) is 14.4. The van der Waals surface area contributed by atoms with Crippen molar-refractivity contribution in [2.45, 2.75) is 6.42 Å². The first kappa shape index (κ1) is 16.5. The number of para-hydroxylation sites is 1. The molecule has 0 N–H and O–H groups in total. The first-order chi connectivity index (χ1) is 12.8. The van der Waals surface area contributed by atoms with E-state index in [4.69, 9.17) is 9.15 Å². The monoisotopic (exact) mass is 348 g/mol. The summed E-state index contributed by atoms with van der Waals surface area (Å²) in [6.07, 6.45) is 4.05. The molecule has 1 aromatic heterocycles. The van der Waals surface area contributed by atoms with E-state index in [1.54, 1.807) is 6.20 Å². The molecule has 0 unspecified atom stereocenters. The van der Waals surface area contributed by atoms with Crippen molar-refractivity contribution in [1.82, 2.24) is 4.98 Å². The number of hydrogen-bond acceptors (Lipinski definition) is 4. The Morgan fingerprint density at radius 1 is 1.12 bits per heavy atom. The summed E-state index contributed by atoms with van der Waals surface area (Å²) in [5.74, 6) is 1.05. The van der Waals surface area contributed by atoms with Crippen molar-refractivity contribution in [2.24, 2.45) is 5.92 Å². The number of ether oxygens (including phenoxy) is 1. The second-order valence-electron chi connectivity index (χ2n) is 6.42. The Bertz CT molecular complexity index is 839. The van der Waals surface area contributed by atoms with Gasteiger partial charge in [-0.1, -0.05) is 30.3 Å². The fourth-order valence-electron chi connectivity index (χ4n) is 3.19. The first-order valence-corrected chi connectivity index (χ1v) is 8.75. The van der Waals surface area contributed by atoms with Gasteiger partial charge in [0.2, 0.25) is 0 Å². The van der Waals surface area contributed by atoms with Gasteiger partial charge in [-0.05, 0) is 30.7 Å². The molecule has 5 nitrogen and oxygen atoms in total. The van der Waals surface area contributed by atoms with E-state index in [9.17, 15) is 4.79 Å². The Morgan fingerprint density at radius 3 is 2.58 bits per heavy atom. The van der Waals surface area contributed by atoms with E-state index >= 15 is 0 Å². The molecule has 1 aliphatic rings. The van der Waals surface area contributed by atoms with Crippen molar-refractivity contribution in [2.75, 3.05) is 24.7 Å². The second-order valence-corrected chi connectivity index (χ2v) is 6.42. The molecule has 0 saturated carbocycles. The fraction of sp³-hybridized carbons (Fsp3) is 0.238. The summed E-state index contributed by atoms with van der Waals surface area (Å²) in [7, 11) is 0. The molecule has 2 heterocycles. The number of carbonyl (C=O) groups is 1. The number of aromatic nitrogens is 1. The second kappa shape index (κ2) is 7.54. The van der Waals surface area contributed by atoms with E-state index < -0.39 is 0 Å².